The van der Waals surface area contributed by atoms with E-state index in [0.717, 1.165) is 0 Å². The van der Waals surface area contributed by atoms with Gasteiger partial charge < -0.3 is 14.9 Å². The Hall–Kier alpha value is -2.72. The molecule has 2 rings (SSSR count). The third-order valence-electron chi connectivity index (χ3n) is 2.14. The number of rotatable bonds is 3. The van der Waals surface area contributed by atoms with Crippen LogP contribution in [0, 0.1) is 11.8 Å². The molecule has 0 spiro atoms. The lowest BCUT2D eigenvalue weighted by Gasteiger charge is -2.03. The van der Waals surface area contributed by atoms with Crippen LogP contribution in [0.2, 0.25) is 0 Å². The van der Waals surface area contributed by atoms with Crippen LogP contribution in [0.3, 0.4) is 0 Å². The molecule has 19 heavy (non-hydrogen) atoms. The first-order chi connectivity index (χ1) is 9.31. The van der Waals surface area contributed by atoms with Gasteiger partial charge in [0.05, 0.1) is 12.1 Å². The van der Waals surface area contributed by atoms with E-state index in [4.69, 9.17) is 5.11 Å². The highest BCUT2D eigenvalue weighted by Gasteiger charge is 2.11. The predicted molar refractivity (Wildman–Crippen MR) is 63.7 cm³/mol. The smallest absolute Gasteiger partial charge is 0.271 e. The normalized spacial score (nSPS) is 9.53. The Balaban J connectivity index is 2.10. The van der Waals surface area contributed by atoms with Crippen molar-refractivity contribution in [1.82, 2.24) is 20.4 Å². The molecule has 7 nitrogen and oxygen atoms in total. The molecule has 7 heteroatoms. The average Bonchev–Trinajstić information content (AvgIpc) is 2.96. The molecular weight excluding hydrogens is 248 g/mol. The van der Waals surface area contributed by atoms with E-state index in [1.165, 1.54) is 12.6 Å². The van der Waals surface area contributed by atoms with Gasteiger partial charge in [-0.15, -0.1) is 0 Å². The van der Waals surface area contributed by atoms with Crippen molar-refractivity contribution < 1.29 is 14.4 Å². The van der Waals surface area contributed by atoms with Crippen molar-refractivity contribution in [2.75, 3.05) is 6.61 Å². The molecule has 96 valence electrons. The monoisotopic (exact) mass is 258 g/mol. The van der Waals surface area contributed by atoms with E-state index in [-0.39, 0.29) is 18.8 Å². The van der Waals surface area contributed by atoms with Crippen LogP contribution in [0.4, 0.5) is 0 Å². The molecule has 2 aromatic heterocycles. The van der Waals surface area contributed by atoms with Crippen LogP contribution in [0.1, 0.15) is 21.9 Å². The summed E-state index contributed by atoms with van der Waals surface area (Å²) in [7, 11) is 0. The molecule has 0 fully saturated rings. The second kappa shape index (κ2) is 6.28. The minimum atomic E-state index is -0.396. The molecule has 1 amide bonds. The molecule has 0 radical (unpaired) electrons. The van der Waals surface area contributed by atoms with Crippen LogP contribution in [-0.4, -0.2) is 32.7 Å². The van der Waals surface area contributed by atoms with E-state index >= 15 is 0 Å². The van der Waals surface area contributed by atoms with Gasteiger partial charge in [0.2, 0.25) is 6.39 Å². The van der Waals surface area contributed by atoms with Gasteiger partial charge in [-0.25, -0.2) is 4.98 Å². The van der Waals surface area contributed by atoms with Crippen molar-refractivity contribution in [3.8, 4) is 11.8 Å². The lowest BCUT2D eigenvalue weighted by atomic mass is 10.2. The zero-order valence-corrected chi connectivity index (χ0v) is 9.83. The fourth-order valence-electron chi connectivity index (χ4n) is 1.34. The number of aromatic nitrogens is 3. The van der Waals surface area contributed by atoms with Crippen molar-refractivity contribution >= 4 is 5.91 Å². The van der Waals surface area contributed by atoms with Crippen LogP contribution < -0.4 is 5.32 Å². The molecule has 2 heterocycles. The molecule has 0 saturated carbocycles. The summed E-state index contributed by atoms with van der Waals surface area (Å²) in [5, 5.41) is 14.8. The highest BCUT2D eigenvalue weighted by atomic mass is 16.5. The summed E-state index contributed by atoms with van der Waals surface area (Å²) in [4.78, 5) is 19.7. The largest absolute Gasteiger partial charge is 0.384 e. The summed E-state index contributed by atoms with van der Waals surface area (Å²) in [6.07, 6.45) is 2.67. The molecule has 2 N–H and O–H groups in total. The SMILES string of the molecule is O=C(NCc1ncon1)c1ncccc1C#CCO. The molecule has 0 bridgehead atoms. The Morgan fingerprint density at radius 3 is 3.11 bits per heavy atom. The van der Waals surface area contributed by atoms with Gasteiger partial charge in [-0.3, -0.25) is 4.79 Å². The second-order valence-electron chi connectivity index (χ2n) is 3.39. The van der Waals surface area contributed by atoms with Gasteiger partial charge >= 0.3 is 0 Å². The Kier molecular flexibility index (Phi) is 4.21. The van der Waals surface area contributed by atoms with Crippen LogP contribution in [-0.2, 0) is 6.54 Å². The van der Waals surface area contributed by atoms with Gasteiger partial charge in [0.15, 0.2) is 5.82 Å². The maximum absolute atomic E-state index is 11.9. The summed E-state index contributed by atoms with van der Waals surface area (Å²) in [6, 6.07) is 3.32. The molecular formula is C12H10N4O3. The van der Waals surface area contributed by atoms with Crippen molar-refractivity contribution in [2.24, 2.45) is 0 Å². The molecule has 0 aliphatic rings. The molecule has 0 atom stereocenters. The maximum Gasteiger partial charge on any atom is 0.271 e. The predicted octanol–water partition coefficient (Wildman–Crippen LogP) is -0.262. The third kappa shape index (κ3) is 3.37. The molecule has 0 aliphatic heterocycles. The summed E-state index contributed by atoms with van der Waals surface area (Å²) in [5.41, 5.74) is 0.633. The van der Waals surface area contributed by atoms with Gasteiger partial charge in [-0.05, 0) is 12.1 Å². The second-order valence-corrected chi connectivity index (χ2v) is 3.39. The lowest BCUT2D eigenvalue weighted by molar-refractivity contribution is 0.0944. The molecule has 0 aromatic carbocycles. The number of aliphatic hydroxyl groups is 1. The minimum absolute atomic E-state index is 0.138. The van der Waals surface area contributed by atoms with E-state index < -0.39 is 5.91 Å². The molecule has 2 aromatic rings. The van der Waals surface area contributed by atoms with Gasteiger partial charge in [0.25, 0.3) is 5.91 Å². The van der Waals surface area contributed by atoms with Crippen molar-refractivity contribution in [3.05, 3.63) is 41.8 Å². The average molecular weight is 258 g/mol. The van der Waals surface area contributed by atoms with E-state index in [2.05, 4.69) is 36.8 Å². The van der Waals surface area contributed by atoms with Crippen LogP contribution in [0.25, 0.3) is 0 Å². The minimum Gasteiger partial charge on any atom is -0.384 e. The number of hydrogen-bond acceptors (Lipinski definition) is 6. The Morgan fingerprint density at radius 1 is 1.47 bits per heavy atom. The molecule has 0 unspecified atom stereocenters. The van der Waals surface area contributed by atoms with Gasteiger partial charge in [0.1, 0.15) is 12.3 Å². The highest BCUT2D eigenvalue weighted by molar-refractivity contribution is 5.94. The van der Waals surface area contributed by atoms with Gasteiger partial charge in [-0.1, -0.05) is 17.0 Å². The maximum atomic E-state index is 11.9. The van der Waals surface area contributed by atoms with Crippen LogP contribution in [0.5, 0.6) is 0 Å². The van der Waals surface area contributed by atoms with E-state index in [9.17, 15) is 4.79 Å². The number of hydrogen-bond donors (Lipinski definition) is 2. The molecule has 0 saturated heterocycles. The molecule has 0 aliphatic carbocycles. The van der Waals surface area contributed by atoms with E-state index in [1.807, 2.05) is 0 Å². The number of carbonyl (C=O) groups is 1. The van der Waals surface area contributed by atoms with Crippen LogP contribution in [0.15, 0.2) is 29.2 Å². The Morgan fingerprint density at radius 2 is 2.37 bits per heavy atom. The first-order valence-electron chi connectivity index (χ1n) is 5.39. The fraction of sp³-hybridized carbons (Fsp3) is 0.167. The number of nitrogens with zero attached hydrogens (tertiary/aromatic N) is 3. The number of nitrogens with one attached hydrogen (secondary N) is 1. The van der Waals surface area contributed by atoms with E-state index in [1.54, 1.807) is 12.1 Å². The zero-order chi connectivity index (χ0) is 13.5. The quantitative estimate of drug-likeness (QED) is 0.735. The topological polar surface area (TPSA) is 101 Å². The zero-order valence-electron chi connectivity index (χ0n) is 9.83. The summed E-state index contributed by atoms with van der Waals surface area (Å²) in [5.74, 6) is 5.11. The lowest BCUT2D eigenvalue weighted by Crippen LogP contribution is -2.25. The van der Waals surface area contributed by atoms with Crippen molar-refractivity contribution in [2.45, 2.75) is 6.54 Å². The van der Waals surface area contributed by atoms with Gasteiger partial charge in [0, 0.05) is 6.20 Å². The number of pyridine rings is 1. The van der Waals surface area contributed by atoms with E-state index in [0.29, 0.717) is 11.4 Å². The van der Waals surface area contributed by atoms with Gasteiger partial charge in [-0.2, -0.15) is 4.98 Å². The summed E-state index contributed by atoms with van der Waals surface area (Å²) < 4.78 is 4.55. The summed E-state index contributed by atoms with van der Waals surface area (Å²) in [6.45, 7) is -0.141. The summed E-state index contributed by atoms with van der Waals surface area (Å²) >= 11 is 0. The van der Waals surface area contributed by atoms with Crippen molar-refractivity contribution in [3.63, 3.8) is 0 Å². The fourth-order valence-corrected chi connectivity index (χ4v) is 1.34. The Labute approximate surface area is 108 Å². The highest BCUT2D eigenvalue weighted by Crippen LogP contribution is 2.03. The number of carbonyl (C=O) groups excluding carboxylic acids is 1. The first-order valence-corrected chi connectivity index (χ1v) is 5.39. The number of amides is 1. The first kappa shape index (κ1) is 12.7. The van der Waals surface area contributed by atoms with Crippen LogP contribution >= 0.6 is 0 Å². The number of aliphatic hydroxyl groups excluding tert-OH is 1. The van der Waals surface area contributed by atoms with Crippen molar-refractivity contribution in [1.29, 1.82) is 0 Å². The Bertz CT molecular complexity index is 613. The standard InChI is InChI=1S/C12H10N4O3/c17-6-2-4-9-3-1-5-13-11(9)12(18)14-7-10-15-8-19-16-10/h1,3,5,8,17H,6-7H2,(H,14,18). The third-order valence-corrected chi connectivity index (χ3v) is 2.14.